The molecule has 8 nitrogen and oxygen atoms in total. The van der Waals surface area contributed by atoms with Crippen molar-refractivity contribution >= 4 is 5.82 Å². The first-order valence-corrected chi connectivity index (χ1v) is 7.76. The van der Waals surface area contributed by atoms with Crippen molar-refractivity contribution in [1.82, 2.24) is 20.2 Å². The van der Waals surface area contributed by atoms with Crippen molar-refractivity contribution in [3.8, 4) is 5.88 Å². The molecular weight excluding hydrogens is 298 g/mol. The number of hydrogen-bond donors (Lipinski definition) is 0. The van der Waals surface area contributed by atoms with Crippen molar-refractivity contribution in [2.75, 3.05) is 25.1 Å². The van der Waals surface area contributed by atoms with Gasteiger partial charge in [-0.2, -0.15) is 0 Å². The first-order valence-electron chi connectivity index (χ1n) is 7.76. The fourth-order valence-electron chi connectivity index (χ4n) is 3.41. The zero-order valence-electron chi connectivity index (χ0n) is 13.2. The molecule has 2 aliphatic heterocycles. The van der Waals surface area contributed by atoms with Gasteiger partial charge in [0, 0.05) is 32.0 Å². The summed E-state index contributed by atoms with van der Waals surface area (Å²) >= 11 is 0. The minimum absolute atomic E-state index is 0.159. The highest BCUT2D eigenvalue weighted by atomic mass is 16.5. The van der Waals surface area contributed by atoms with Crippen molar-refractivity contribution in [3.63, 3.8) is 0 Å². The number of anilines is 1. The highest BCUT2D eigenvalue weighted by Gasteiger charge is 2.42. The lowest BCUT2D eigenvalue weighted by Crippen LogP contribution is -2.26. The van der Waals surface area contributed by atoms with Crippen LogP contribution in [0.5, 0.6) is 5.88 Å². The monoisotopic (exact) mass is 317 g/mol. The van der Waals surface area contributed by atoms with Gasteiger partial charge in [-0.25, -0.2) is 9.97 Å². The number of aryl methyl sites for hydroxylation is 1. The third-order valence-corrected chi connectivity index (χ3v) is 4.44. The topological polar surface area (TPSA) is 86.4 Å². The van der Waals surface area contributed by atoms with Crippen molar-refractivity contribution in [2.45, 2.75) is 32.0 Å². The van der Waals surface area contributed by atoms with Crippen LogP contribution in [0.2, 0.25) is 0 Å². The van der Waals surface area contributed by atoms with Crippen LogP contribution < -0.4 is 9.64 Å². The number of fused-ring (bicyclic) bond motifs is 1. The van der Waals surface area contributed by atoms with Crippen LogP contribution >= 0.6 is 0 Å². The van der Waals surface area contributed by atoms with Gasteiger partial charge < -0.3 is 18.8 Å². The molecule has 8 heteroatoms. The smallest absolute Gasteiger partial charge is 0.219 e. The van der Waals surface area contributed by atoms with Gasteiger partial charge in [-0.1, -0.05) is 0 Å². The number of nitrogens with zero attached hydrogens (tertiary/aromatic N) is 5. The Kier molecular flexibility index (Phi) is 3.60. The van der Waals surface area contributed by atoms with E-state index in [-0.39, 0.29) is 12.2 Å². The molecule has 4 heterocycles. The molecule has 0 unspecified atom stereocenters. The number of methoxy groups -OCH3 is 1. The number of aromatic nitrogens is 4. The Hall–Kier alpha value is -2.22. The largest absolute Gasteiger partial charge is 0.481 e. The highest BCUT2D eigenvalue weighted by Crippen LogP contribution is 2.36. The summed E-state index contributed by atoms with van der Waals surface area (Å²) < 4.78 is 16.8. The van der Waals surface area contributed by atoms with E-state index >= 15 is 0 Å². The molecule has 23 heavy (non-hydrogen) atoms. The summed E-state index contributed by atoms with van der Waals surface area (Å²) in [6.07, 6.45) is 3.61. The molecule has 0 spiro atoms. The number of ether oxygens (including phenoxy) is 2. The number of hydrogen-bond acceptors (Lipinski definition) is 8. The van der Waals surface area contributed by atoms with Gasteiger partial charge in [0.25, 0.3) is 0 Å². The first kappa shape index (κ1) is 14.4. The molecule has 0 aromatic carbocycles. The van der Waals surface area contributed by atoms with E-state index in [9.17, 15) is 0 Å². The summed E-state index contributed by atoms with van der Waals surface area (Å²) in [5, 5.41) is 7.91. The lowest BCUT2D eigenvalue weighted by Gasteiger charge is -2.19. The van der Waals surface area contributed by atoms with E-state index in [1.54, 1.807) is 14.0 Å². The maximum absolute atomic E-state index is 6.16. The van der Waals surface area contributed by atoms with Crippen molar-refractivity contribution < 1.29 is 13.9 Å². The van der Waals surface area contributed by atoms with Crippen LogP contribution in [-0.4, -0.2) is 52.6 Å². The summed E-state index contributed by atoms with van der Waals surface area (Å²) in [6.45, 7) is 3.57. The third-order valence-electron chi connectivity index (χ3n) is 4.44. The first-order chi connectivity index (χ1) is 11.2. The Morgan fingerprint density at radius 2 is 2.22 bits per heavy atom. The third kappa shape index (κ3) is 2.86. The fourth-order valence-corrected chi connectivity index (χ4v) is 3.41. The minimum atomic E-state index is 0.159. The lowest BCUT2D eigenvalue weighted by molar-refractivity contribution is 0.0463. The van der Waals surface area contributed by atoms with E-state index in [0.29, 0.717) is 30.0 Å². The summed E-state index contributed by atoms with van der Waals surface area (Å²) in [5.41, 5.74) is 0. The molecule has 2 aromatic rings. The molecule has 3 atom stereocenters. The maximum Gasteiger partial charge on any atom is 0.219 e. The summed E-state index contributed by atoms with van der Waals surface area (Å²) in [7, 11) is 1.61. The molecule has 2 saturated heterocycles. The molecule has 4 rings (SSSR count). The molecule has 0 radical (unpaired) electrons. The molecule has 122 valence electrons. The van der Waals surface area contributed by atoms with Crippen LogP contribution in [0, 0.1) is 12.8 Å². The zero-order chi connectivity index (χ0) is 15.8. The standard InChI is InChI=1S/C15H19N5O3/c1-9-18-19-15(22-9)4-11-3-10-6-20(7-12(10)23-11)13-5-14(21-2)17-8-16-13/h5,8,10-12H,3-4,6-7H2,1-2H3/t10-,11+,12+/m0/s1. The maximum atomic E-state index is 6.16. The molecule has 0 amide bonds. The van der Waals surface area contributed by atoms with Gasteiger partial charge in [0.15, 0.2) is 0 Å². The van der Waals surface area contributed by atoms with Gasteiger partial charge in [0.1, 0.15) is 12.1 Å². The van der Waals surface area contributed by atoms with Crippen molar-refractivity contribution in [2.24, 2.45) is 5.92 Å². The average Bonchev–Trinajstić information content (AvgIpc) is 3.22. The Balaban J connectivity index is 1.38. The molecular formula is C15H19N5O3. The number of rotatable bonds is 4. The molecule has 2 fully saturated rings. The SMILES string of the molecule is COc1cc(N2C[C@@H]3C[C@H](Cc4nnc(C)o4)O[C@@H]3C2)ncn1. The predicted octanol–water partition coefficient (Wildman–Crippen LogP) is 1.01. The predicted molar refractivity (Wildman–Crippen MR) is 80.3 cm³/mol. The normalized spacial score (nSPS) is 26.5. The van der Waals surface area contributed by atoms with Gasteiger partial charge in [0.2, 0.25) is 17.7 Å². The van der Waals surface area contributed by atoms with Crippen LogP contribution in [0.1, 0.15) is 18.2 Å². The zero-order valence-corrected chi connectivity index (χ0v) is 13.2. The van der Waals surface area contributed by atoms with Gasteiger partial charge in [-0.3, -0.25) is 0 Å². The molecule has 2 aromatic heterocycles. The summed E-state index contributed by atoms with van der Waals surface area (Å²) in [5.74, 6) is 3.23. The van der Waals surface area contributed by atoms with Crippen molar-refractivity contribution in [3.05, 3.63) is 24.2 Å². The van der Waals surface area contributed by atoms with Crippen LogP contribution in [0.25, 0.3) is 0 Å². The van der Waals surface area contributed by atoms with Crippen LogP contribution in [0.15, 0.2) is 16.8 Å². The molecule has 2 aliphatic rings. The second-order valence-corrected chi connectivity index (χ2v) is 6.03. The Morgan fingerprint density at radius 1 is 1.30 bits per heavy atom. The molecule has 0 saturated carbocycles. The Morgan fingerprint density at radius 3 is 2.96 bits per heavy atom. The van der Waals surface area contributed by atoms with E-state index in [0.717, 1.165) is 25.3 Å². The van der Waals surface area contributed by atoms with Gasteiger partial charge in [0.05, 0.1) is 25.7 Å². The van der Waals surface area contributed by atoms with Crippen LogP contribution in [-0.2, 0) is 11.2 Å². The lowest BCUT2D eigenvalue weighted by atomic mass is 10.0. The molecule has 0 N–H and O–H groups in total. The van der Waals surface area contributed by atoms with Gasteiger partial charge in [-0.05, 0) is 6.42 Å². The van der Waals surface area contributed by atoms with Gasteiger partial charge in [-0.15, -0.1) is 10.2 Å². The Bertz CT molecular complexity index is 677. The van der Waals surface area contributed by atoms with E-state index in [4.69, 9.17) is 13.9 Å². The van der Waals surface area contributed by atoms with Crippen molar-refractivity contribution in [1.29, 1.82) is 0 Å². The summed E-state index contributed by atoms with van der Waals surface area (Å²) in [4.78, 5) is 10.6. The van der Waals surface area contributed by atoms with E-state index in [2.05, 4.69) is 25.1 Å². The highest BCUT2D eigenvalue weighted by molar-refractivity contribution is 5.42. The average molecular weight is 317 g/mol. The van der Waals surface area contributed by atoms with E-state index in [1.807, 2.05) is 6.07 Å². The quantitative estimate of drug-likeness (QED) is 0.826. The fraction of sp³-hybridized carbons (Fsp3) is 0.600. The van der Waals surface area contributed by atoms with Gasteiger partial charge >= 0.3 is 0 Å². The molecule has 0 bridgehead atoms. The van der Waals surface area contributed by atoms with E-state index < -0.39 is 0 Å². The second kappa shape index (κ2) is 5.77. The Labute approximate surface area is 133 Å². The second-order valence-electron chi connectivity index (χ2n) is 6.03. The summed E-state index contributed by atoms with van der Waals surface area (Å²) in [6, 6.07) is 1.86. The molecule has 0 aliphatic carbocycles. The van der Waals surface area contributed by atoms with Crippen LogP contribution in [0.4, 0.5) is 5.82 Å². The van der Waals surface area contributed by atoms with Crippen LogP contribution in [0.3, 0.4) is 0 Å². The van der Waals surface area contributed by atoms with E-state index in [1.165, 1.54) is 6.33 Å². The minimum Gasteiger partial charge on any atom is -0.481 e.